The molecule has 2 fully saturated rings. The molecule has 0 aromatic carbocycles. The van der Waals surface area contributed by atoms with E-state index in [2.05, 4.69) is 20.9 Å². The van der Waals surface area contributed by atoms with E-state index in [0.29, 0.717) is 18.3 Å². The molecule has 2 saturated heterocycles. The molecule has 0 radical (unpaired) electrons. The van der Waals surface area contributed by atoms with Crippen molar-refractivity contribution in [2.75, 3.05) is 19.7 Å². The molecule has 7 nitrogen and oxygen atoms in total. The predicted molar refractivity (Wildman–Crippen MR) is 72.4 cm³/mol. The van der Waals surface area contributed by atoms with Crippen molar-refractivity contribution in [2.24, 2.45) is 0 Å². The minimum absolute atomic E-state index is 0.141. The first-order valence-corrected chi connectivity index (χ1v) is 7.11. The Morgan fingerprint density at radius 2 is 2.35 bits per heavy atom. The largest absolute Gasteiger partial charge is 0.375 e. The number of carbonyl (C=O) groups excluding carboxylic acids is 1. The maximum absolute atomic E-state index is 12.2. The average molecular weight is 279 g/mol. The third-order valence-corrected chi connectivity index (χ3v) is 3.91. The molecule has 20 heavy (non-hydrogen) atoms. The summed E-state index contributed by atoms with van der Waals surface area (Å²) in [7, 11) is 0. The zero-order chi connectivity index (χ0) is 14.2. The van der Waals surface area contributed by atoms with Gasteiger partial charge in [-0.2, -0.15) is 0 Å². The summed E-state index contributed by atoms with van der Waals surface area (Å²) >= 11 is 0. The second-order valence-corrected chi connectivity index (χ2v) is 6.17. The van der Waals surface area contributed by atoms with E-state index in [9.17, 15) is 4.79 Å². The fraction of sp³-hybridized carbons (Fsp3) is 0.769. The number of nitrogens with one attached hydrogen (secondary N) is 2. The van der Waals surface area contributed by atoms with Gasteiger partial charge < -0.3 is 15.4 Å². The summed E-state index contributed by atoms with van der Waals surface area (Å²) in [5.41, 5.74) is 0.215. The number of hydrogen-bond donors (Lipinski definition) is 2. The quantitative estimate of drug-likeness (QED) is 0.821. The first-order chi connectivity index (χ1) is 9.53. The lowest BCUT2D eigenvalue weighted by Gasteiger charge is -2.35. The number of amides is 1. The highest BCUT2D eigenvalue weighted by Crippen LogP contribution is 2.24. The molecule has 0 saturated carbocycles. The van der Waals surface area contributed by atoms with Crippen LogP contribution in [0.15, 0.2) is 6.20 Å². The number of nitrogens with zero attached hydrogens (tertiary/aromatic N) is 3. The summed E-state index contributed by atoms with van der Waals surface area (Å²) in [5.74, 6) is -0.147. The molecular formula is C13H21N5O2. The van der Waals surface area contributed by atoms with Gasteiger partial charge >= 0.3 is 0 Å². The standard InChI is InChI=1S/C13H21N5O2/c1-13(2)5-9(3-4-20-13)15-12(19)11-8-18(17-16-11)10-6-14-7-10/h8-10,14H,3-7H2,1-2H3,(H,15,19). The lowest BCUT2D eigenvalue weighted by molar-refractivity contribution is -0.0615. The second kappa shape index (κ2) is 5.14. The molecule has 0 aliphatic carbocycles. The molecule has 1 amide bonds. The SMILES string of the molecule is CC1(C)CC(NC(=O)c2cn(C3CNC3)nn2)CCO1. The number of rotatable bonds is 3. The molecule has 3 rings (SSSR count). The van der Waals surface area contributed by atoms with Crippen molar-refractivity contribution in [3.63, 3.8) is 0 Å². The van der Waals surface area contributed by atoms with Crippen LogP contribution in [0.4, 0.5) is 0 Å². The van der Waals surface area contributed by atoms with E-state index in [-0.39, 0.29) is 17.6 Å². The van der Waals surface area contributed by atoms with Gasteiger partial charge in [0.15, 0.2) is 5.69 Å². The molecule has 3 heterocycles. The Bertz CT molecular complexity index is 495. The van der Waals surface area contributed by atoms with Crippen LogP contribution in [-0.4, -0.2) is 52.2 Å². The highest BCUT2D eigenvalue weighted by molar-refractivity contribution is 5.92. The van der Waals surface area contributed by atoms with E-state index in [1.165, 1.54) is 0 Å². The van der Waals surface area contributed by atoms with Gasteiger partial charge in [0.1, 0.15) is 0 Å². The monoisotopic (exact) mass is 279 g/mol. The van der Waals surface area contributed by atoms with E-state index < -0.39 is 0 Å². The van der Waals surface area contributed by atoms with Crippen LogP contribution in [0, 0.1) is 0 Å². The molecular weight excluding hydrogens is 258 g/mol. The van der Waals surface area contributed by atoms with Gasteiger partial charge in [0.25, 0.3) is 5.91 Å². The minimum atomic E-state index is -0.175. The van der Waals surface area contributed by atoms with Crippen LogP contribution in [-0.2, 0) is 4.74 Å². The molecule has 1 aromatic rings. The lowest BCUT2D eigenvalue weighted by atomic mass is 9.94. The van der Waals surface area contributed by atoms with E-state index in [4.69, 9.17) is 4.74 Å². The third kappa shape index (κ3) is 2.83. The lowest BCUT2D eigenvalue weighted by Crippen LogP contribution is -2.46. The van der Waals surface area contributed by atoms with Gasteiger partial charge in [-0.1, -0.05) is 5.21 Å². The Morgan fingerprint density at radius 3 is 3.00 bits per heavy atom. The summed E-state index contributed by atoms with van der Waals surface area (Å²) in [6, 6.07) is 0.466. The summed E-state index contributed by atoms with van der Waals surface area (Å²) in [6.07, 6.45) is 3.39. The third-order valence-electron chi connectivity index (χ3n) is 3.91. The van der Waals surface area contributed by atoms with Gasteiger partial charge in [-0.05, 0) is 26.7 Å². The molecule has 2 aliphatic rings. The fourth-order valence-electron chi connectivity index (χ4n) is 2.63. The highest BCUT2D eigenvalue weighted by Gasteiger charge is 2.30. The molecule has 2 N–H and O–H groups in total. The van der Waals surface area contributed by atoms with Gasteiger partial charge in [0.2, 0.25) is 0 Å². The van der Waals surface area contributed by atoms with Crippen molar-refractivity contribution < 1.29 is 9.53 Å². The topological polar surface area (TPSA) is 81.1 Å². The molecule has 7 heteroatoms. The van der Waals surface area contributed by atoms with E-state index in [1.807, 2.05) is 13.8 Å². The fourth-order valence-corrected chi connectivity index (χ4v) is 2.63. The van der Waals surface area contributed by atoms with E-state index in [1.54, 1.807) is 10.9 Å². The molecule has 1 atom stereocenters. The maximum Gasteiger partial charge on any atom is 0.273 e. The predicted octanol–water partition coefficient (Wildman–Crippen LogP) is 0.110. The summed E-state index contributed by atoms with van der Waals surface area (Å²) in [4.78, 5) is 12.2. The van der Waals surface area contributed by atoms with Crippen molar-refractivity contribution in [1.82, 2.24) is 25.6 Å². The Hall–Kier alpha value is -1.47. The van der Waals surface area contributed by atoms with Gasteiger partial charge in [-0.25, -0.2) is 4.68 Å². The van der Waals surface area contributed by atoms with Crippen LogP contribution in [0.25, 0.3) is 0 Å². The summed E-state index contributed by atoms with van der Waals surface area (Å²) < 4.78 is 7.41. The van der Waals surface area contributed by atoms with Crippen LogP contribution in [0.5, 0.6) is 0 Å². The Labute approximate surface area is 118 Å². The molecule has 2 aliphatic heterocycles. The Balaban J connectivity index is 1.59. The van der Waals surface area contributed by atoms with Crippen LogP contribution in [0.1, 0.15) is 43.2 Å². The maximum atomic E-state index is 12.2. The number of carbonyl (C=O) groups is 1. The van der Waals surface area contributed by atoms with Crippen molar-refractivity contribution in [2.45, 2.75) is 44.4 Å². The van der Waals surface area contributed by atoms with E-state index in [0.717, 1.165) is 25.9 Å². The van der Waals surface area contributed by atoms with Crippen molar-refractivity contribution in [3.05, 3.63) is 11.9 Å². The van der Waals surface area contributed by atoms with Crippen LogP contribution >= 0.6 is 0 Å². The smallest absolute Gasteiger partial charge is 0.273 e. The van der Waals surface area contributed by atoms with Crippen LogP contribution in [0.2, 0.25) is 0 Å². The number of hydrogen-bond acceptors (Lipinski definition) is 5. The van der Waals surface area contributed by atoms with Gasteiger partial charge in [0.05, 0.1) is 17.8 Å². The number of aromatic nitrogens is 3. The van der Waals surface area contributed by atoms with E-state index >= 15 is 0 Å². The number of ether oxygens (including phenoxy) is 1. The minimum Gasteiger partial charge on any atom is -0.375 e. The Morgan fingerprint density at radius 1 is 1.55 bits per heavy atom. The van der Waals surface area contributed by atoms with Crippen LogP contribution < -0.4 is 10.6 Å². The normalized spacial score (nSPS) is 26.0. The van der Waals surface area contributed by atoms with Crippen molar-refractivity contribution in [3.8, 4) is 0 Å². The zero-order valence-electron chi connectivity index (χ0n) is 11.9. The molecule has 0 bridgehead atoms. The van der Waals surface area contributed by atoms with Gasteiger partial charge in [-0.3, -0.25) is 4.79 Å². The Kier molecular flexibility index (Phi) is 3.47. The van der Waals surface area contributed by atoms with Gasteiger partial charge in [0, 0.05) is 25.7 Å². The zero-order valence-corrected chi connectivity index (χ0v) is 11.9. The van der Waals surface area contributed by atoms with Crippen molar-refractivity contribution >= 4 is 5.91 Å². The first-order valence-electron chi connectivity index (χ1n) is 7.11. The first kappa shape index (κ1) is 13.5. The molecule has 110 valence electrons. The van der Waals surface area contributed by atoms with Crippen LogP contribution in [0.3, 0.4) is 0 Å². The molecule has 1 unspecified atom stereocenters. The van der Waals surface area contributed by atoms with Crippen molar-refractivity contribution in [1.29, 1.82) is 0 Å². The average Bonchev–Trinajstić information content (AvgIpc) is 2.74. The second-order valence-electron chi connectivity index (χ2n) is 6.17. The molecule has 0 spiro atoms. The highest BCUT2D eigenvalue weighted by atomic mass is 16.5. The summed E-state index contributed by atoms with van der Waals surface area (Å²) in [6.45, 7) is 6.55. The molecule has 1 aromatic heterocycles. The summed E-state index contributed by atoms with van der Waals surface area (Å²) in [5, 5.41) is 14.2. The van der Waals surface area contributed by atoms with Gasteiger partial charge in [-0.15, -0.1) is 5.10 Å².